The molecule has 0 fully saturated rings. The fourth-order valence-corrected chi connectivity index (χ4v) is 1.38. The van der Waals surface area contributed by atoms with Crippen molar-refractivity contribution < 1.29 is 44.0 Å². The Morgan fingerprint density at radius 2 is 0.696 bits per heavy atom. The molecule has 0 saturated carbocycles. The molecule has 9 nitrogen and oxygen atoms in total. The van der Waals surface area contributed by atoms with Gasteiger partial charge < -0.3 is 34.8 Å². The standard InChI is InChI=1S/C11H24.CH4.2H3O4P.H2O/c1-3-5-7-9-11-10-8-6-4-2;;2*1-5(2,3)4;/h3-11H2,1-2H3;1H4;2*(H3,1,2,3,4);1H2. The average molecular weight is 386 g/mol. The van der Waals surface area contributed by atoms with E-state index in [1.54, 1.807) is 0 Å². The van der Waals surface area contributed by atoms with E-state index in [1.807, 2.05) is 0 Å². The second-order valence-corrected chi connectivity index (χ2v) is 6.55. The Bertz CT molecular complexity index is 244. The van der Waals surface area contributed by atoms with Crippen LogP contribution in [0.3, 0.4) is 0 Å². The number of hydrogen-bond acceptors (Lipinski definition) is 2. The Kier molecular flexibility index (Phi) is 33.3. The van der Waals surface area contributed by atoms with Gasteiger partial charge in [-0.15, -0.1) is 0 Å². The fraction of sp³-hybridized carbons (Fsp3) is 1.00. The van der Waals surface area contributed by atoms with Gasteiger partial charge in [-0.05, 0) is 0 Å². The summed E-state index contributed by atoms with van der Waals surface area (Å²) in [5, 5.41) is 0. The Balaban J connectivity index is -0.0000000767. The summed E-state index contributed by atoms with van der Waals surface area (Å²) in [6, 6.07) is 0. The van der Waals surface area contributed by atoms with Crippen LogP contribution in [0.1, 0.15) is 79.1 Å². The largest absolute Gasteiger partial charge is 0.466 e. The van der Waals surface area contributed by atoms with E-state index in [0.717, 1.165) is 0 Å². The maximum Gasteiger partial charge on any atom is 0.466 e. The first-order valence-electron chi connectivity index (χ1n) is 6.98. The third kappa shape index (κ3) is 135. The van der Waals surface area contributed by atoms with Gasteiger partial charge in [0, 0.05) is 0 Å². The fourth-order valence-electron chi connectivity index (χ4n) is 1.38. The third-order valence-corrected chi connectivity index (χ3v) is 2.21. The van der Waals surface area contributed by atoms with Crippen LogP contribution in [0, 0.1) is 0 Å². The number of unbranched alkanes of at least 4 members (excludes halogenated alkanes) is 8. The lowest BCUT2D eigenvalue weighted by Gasteiger charge is -1.98. The van der Waals surface area contributed by atoms with Gasteiger partial charge in [0.1, 0.15) is 0 Å². The van der Waals surface area contributed by atoms with E-state index < -0.39 is 15.6 Å². The quantitative estimate of drug-likeness (QED) is 0.271. The normalized spacial score (nSPS) is 10.1. The van der Waals surface area contributed by atoms with Gasteiger partial charge in [0.05, 0.1) is 0 Å². The number of hydrogen-bond donors (Lipinski definition) is 6. The molecule has 0 radical (unpaired) electrons. The summed E-state index contributed by atoms with van der Waals surface area (Å²) >= 11 is 0. The Hall–Kier alpha value is 0.180. The van der Waals surface area contributed by atoms with Crippen LogP contribution in [0.2, 0.25) is 0 Å². The highest BCUT2D eigenvalue weighted by Gasteiger charge is 2.00. The van der Waals surface area contributed by atoms with Gasteiger partial charge in [-0.25, -0.2) is 9.13 Å². The van der Waals surface area contributed by atoms with E-state index >= 15 is 0 Å². The zero-order valence-corrected chi connectivity index (χ0v) is 15.0. The van der Waals surface area contributed by atoms with E-state index in [4.69, 9.17) is 38.5 Å². The Labute approximate surface area is 139 Å². The van der Waals surface area contributed by atoms with Crippen molar-refractivity contribution in [1.29, 1.82) is 0 Å². The number of phosphoric acid groups is 2. The van der Waals surface area contributed by atoms with Crippen molar-refractivity contribution in [2.24, 2.45) is 0 Å². The molecule has 148 valence electrons. The molecule has 0 aromatic heterocycles. The zero-order chi connectivity index (χ0) is 17.4. The minimum Gasteiger partial charge on any atom is -0.412 e. The van der Waals surface area contributed by atoms with Crippen molar-refractivity contribution in [1.82, 2.24) is 0 Å². The molecule has 0 aliphatic heterocycles. The highest BCUT2D eigenvalue weighted by Crippen LogP contribution is 2.26. The van der Waals surface area contributed by atoms with Crippen LogP contribution in [0.15, 0.2) is 0 Å². The molecule has 8 N–H and O–H groups in total. The third-order valence-electron chi connectivity index (χ3n) is 2.21. The van der Waals surface area contributed by atoms with E-state index in [1.165, 1.54) is 57.8 Å². The summed E-state index contributed by atoms with van der Waals surface area (Å²) < 4.78 is 17.8. The van der Waals surface area contributed by atoms with Gasteiger partial charge in [-0.1, -0.05) is 79.1 Å². The first-order valence-corrected chi connectivity index (χ1v) is 10.1. The van der Waals surface area contributed by atoms with Crippen LogP contribution in [-0.2, 0) is 9.13 Å². The molecule has 0 unspecified atom stereocenters. The van der Waals surface area contributed by atoms with E-state index in [2.05, 4.69) is 13.8 Å². The SMILES string of the molecule is C.CCCCCCCCCCC.O.O=P(O)(O)O.O=P(O)(O)O. The molecular weight excluding hydrogens is 350 g/mol. The van der Waals surface area contributed by atoms with Gasteiger partial charge in [0.15, 0.2) is 0 Å². The maximum absolute atomic E-state index is 8.88. The van der Waals surface area contributed by atoms with Crippen LogP contribution in [-0.4, -0.2) is 34.8 Å². The molecule has 23 heavy (non-hydrogen) atoms. The van der Waals surface area contributed by atoms with Crippen molar-refractivity contribution in [3.63, 3.8) is 0 Å². The van der Waals surface area contributed by atoms with Gasteiger partial charge in [-0.3, -0.25) is 0 Å². The molecule has 0 aromatic carbocycles. The van der Waals surface area contributed by atoms with E-state index in [9.17, 15) is 0 Å². The lowest BCUT2D eigenvalue weighted by Crippen LogP contribution is -1.79. The summed E-state index contributed by atoms with van der Waals surface area (Å²) in [6.07, 6.45) is 13.0. The van der Waals surface area contributed by atoms with Crippen LogP contribution < -0.4 is 0 Å². The van der Waals surface area contributed by atoms with E-state index in [0.29, 0.717) is 0 Å². The second kappa shape index (κ2) is 22.2. The summed E-state index contributed by atoms with van der Waals surface area (Å²) in [4.78, 5) is 43.1. The van der Waals surface area contributed by atoms with Crippen LogP contribution in [0.4, 0.5) is 0 Å². The molecule has 0 aromatic rings. The monoisotopic (exact) mass is 386 g/mol. The zero-order valence-electron chi connectivity index (χ0n) is 13.3. The molecule has 0 saturated heterocycles. The van der Waals surface area contributed by atoms with Crippen molar-refractivity contribution in [2.45, 2.75) is 79.1 Å². The first kappa shape index (κ1) is 34.5. The smallest absolute Gasteiger partial charge is 0.412 e. The van der Waals surface area contributed by atoms with Gasteiger partial charge >= 0.3 is 15.6 Å². The van der Waals surface area contributed by atoms with Crippen molar-refractivity contribution in [2.75, 3.05) is 0 Å². The van der Waals surface area contributed by atoms with E-state index in [-0.39, 0.29) is 12.9 Å². The lowest BCUT2D eigenvalue weighted by molar-refractivity contribution is 0.272. The summed E-state index contributed by atoms with van der Waals surface area (Å²) in [5.74, 6) is 0. The van der Waals surface area contributed by atoms with Gasteiger partial charge in [-0.2, -0.15) is 0 Å². The summed E-state index contributed by atoms with van der Waals surface area (Å²) in [6.45, 7) is 4.55. The Morgan fingerprint density at radius 3 is 0.826 bits per heavy atom. The minimum atomic E-state index is -4.64. The van der Waals surface area contributed by atoms with Crippen LogP contribution >= 0.6 is 15.6 Å². The van der Waals surface area contributed by atoms with Crippen molar-refractivity contribution in [3.8, 4) is 0 Å². The highest BCUT2D eigenvalue weighted by molar-refractivity contribution is 7.45. The van der Waals surface area contributed by atoms with Crippen molar-refractivity contribution in [3.05, 3.63) is 0 Å². The lowest BCUT2D eigenvalue weighted by atomic mass is 10.1. The number of rotatable bonds is 8. The molecule has 0 aliphatic carbocycles. The molecule has 11 heteroatoms. The second-order valence-electron chi connectivity index (χ2n) is 4.50. The van der Waals surface area contributed by atoms with Crippen molar-refractivity contribution >= 4 is 15.6 Å². The molecular formula is C12H36O9P2. The molecule has 0 rings (SSSR count). The maximum atomic E-state index is 8.88. The molecule has 0 amide bonds. The molecule has 0 bridgehead atoms. The predicted molar refractivity (Wildman–Crippen MR) is 91.8 cm³/mol. The molecule has 0 aliphatic rings. The molecule has 0 atom stereocenters. The highest BCUT2D eigenvalue weighted by atomic mass is 31.2. The van der Waals surface area contributed by atoms with Crippen LogP contribution in [0.5, 0.6) is 0 Å². The Morgan fingerprint density at radius 1 is 0.565 bits per heavy atom. The van der Waals surface area contributed by atoms with Gasteiger partial charge in [0.2, 0.25) is 0 Å². The summed E-state index contributed by atoms with van der Waals surface area (Å²) in [7, 11) is -9.28. The summed E-state index contributed by atoms with van der Waals surface area (Å²) in [5.41, 5.74) is 0. The molecule has 0 spiro atoms. The molecule has 0 heterocycles. The van der Waals surface area contributed by atoms with Crippen LogP contribution in [0.25, 0.3) is 0 Å². The topological polar surface area (TPSA) is 187 Å². The predicted octanol–water partition coefficient (Wildman–Crippen LogP) is 2.49. The average Bonchev–Trinajstić information content (AvgIpc) is 2.23. The van der Waals surface area contributed by atoms with Gasteiger partial charge in [0.25, 0.3) is 0 Å². The first-order chi connectivity index (χ1) is 9.41. The minimum absolute atomic E-state index is 0.